The summed E-state index contributed by atoms with van der Waals surface area (Å²) in [7, 11) is 4.19. The third kappa shape index (κ3) is 6.30. The second-order valence-corrected chi connectivity index (χ2v) is 5.08. The molecule has 0 aliphatic carbocycles. The van der Waals surface area contributed by atoms with Crippen molar-refractivity contribution < 1.29 is 0 Å². The van der Waals surface area contributed by atoms with E-state index in [1.807, 2.05) is 6.92 Å². The van der Waals surface area contributed by atoms with Crippen LogP contribution >= 0.6 is 11.6 Å². The van der Waals surface area contributed by atoms with E-state index in [0.717, 1.165) is 13.1 Å². The van der Waals surface area contributed by atoms with Gasteiger partial charge in [0.05, 0.1) is 0 Å². The average molecular weight is 207 g/mol. The molecule has 0 aromatic carbocycles. The first-order valence-electron chi connectivity index (χ1n) is 4.90. The molecule has 80 valence electrons. The van der Waals surface area contributed by atoms with Crippen LogP contribution in [0.15, 0.2) is 0 Å². The molecular formula is C10H23ClN2. The molecule has 0 aliphatic heterocycles. The molecule has 0 rings (SSSR count). The predicted molar refractivity (Wildman–Crippen MR) is 60.6 cm³/mol. The Morgan fingerprint density at radius 1 is 1.38 bits per heavy atom. The largest absolute Gasteiger partial charge is 0.310 e. The Morgan fingerprint density at radius 3 is 2.31 bits per heavy atom. The summed E-state index contributed by atoms with van der Waals surface area (Å²) < 4.78 is 0. The lowest BCUT2D eigenvalue weighted by atomic mass is 10.0. The summed E-state index contributed by atoms with van der Waals surface area (Å²) in [4.78, 5) is 2.19. The van der Waals surface area contributed by atoms with E-state index in [1.165, 1.54) is 6.42 Å². The molecular weight excluding hydrogens is 184 g/mol. The van der Waals surface area contributed by atoms with Crippen LogP contribution in [0, 0.1) is 0 Å². The van der Waals surface area contributed by atoms with E-state index in [0.29, 0.717) is 0 Å². The van der Waals surface area contributed by atoms with Crippen molar-refractivity contribution in [3.05, 3.63) is 0 Å². The van der Waals surface area contributed by atoms with E-state index < -0.39 is 0 Å². The van der Waals surface area contributed by atoms with Gasteiger partial charge >= 0.3 is 0 Å². The van der Waals surface area contributed by atoms with Crippen molar-refractivity contribution in [2.24, 2.45) is 0 Å². The molecule has 0 aliphatic rings. The van der Waals surface area contributed by atoms with Crippen LogP contribution in [0.2, 0.25) is 0 Å². The maximum absolute atomic E-state index is 6.04. The lowest BCUT2D eigenvalue weighted by Gasteiger charge is -2.29. The van der Waals surface area contributed by atoms with Crippen molar-refractivity contribution in [2.75, 3.05) is 27.2 Å². The number of halogens is 1. The minimum absolute atomic E-state index is 0.0356. The summed E-state index contributed by atoms with van der Waals surface area (Å²) in [6.45, 7) is 8.46. The SMILES string of the molecule is CC(Cl)C(C)(C)NCCCN(C)C. The maximum atomic E-state index is 6.04. The Labute approximate surface area is 87.6 Å². The van der Waals surface area contributed by atoms with E-state index in [-0.39, 0.29) is 10.9 Å². The molecule has 0 saturated heterocycles. The van der Waals surface area contributed by atoms with E-state index in [9.17, 15) is 0 Å². The fraction of sp³-hybridized carbons (Fsp3) is 1.00. The van der Waals surface area contributed by atoms with E-state index in [1.54, 1.807) is 0 Å². The molecule has 0 aromatic rings. The van der Waals surface area contributed by atoms with Crippen molar-refractivity contribution in [3.8, 4) is 0 Å². The summed E-state index contributed by atoms with van der Waals surface area (Å²) in [6, 6.07) is 0. The van der Waals surface area contributed by atoms with Crippen LogP contribution in [0.5, 0.6) is 0 Å². The summed E-state index contributed by atoms with van der Waals surface area (Å²) in [5.74, 6) is 0. The molecule has 0 fully saturated rings. The molecule has 1 N–H and O–H groups in total. The van der Waals surface area contributed by atoms with Gasteiger partial charge in [0.1, 0.15) is 0 Å². The standard InChI is InChI=1S/C10H23ClN2/c1-9(11)10(2,3)12-7-6-8-13(4)5/h9,12H,6-8H2,1-5H3. The van der Waals surface area contributed by atoms with Gasteiger partial charge in [0.15, 0.2) is 0 Å². The molecule has 2 nitrogen and oxygen atoms in total. The Balaban J connectivity index is 3.52. The number of hydrogen-bond donors (Lipinski definition) is 1. The van der Waals surface area contributed by atoms with Crippen molar-refractivity contribution in [2.45, 2.75) is 38.1 Å². The van der Waals surface area contributed by atoms with Crippen LogP contribution in [-0.2, 0) is 0 Å². The van der Waals surface area contributed by atoms with Crippen LogP contribution in [0.3, 0.4) is 0 Å². The highest BCUT2D eigenvalue weighted by Crippen LogP contribution is 2.14. The number of alkyl halides is 1. The first kappa shape index (κ1) is 13.2. The Kier molecular flexibility index (Phi) is 5.93. The highest BCUT2D eigenvalue weighted by atomic mass is 35.5. The minimum atomic E-state index is 0.0356. The van der Waals surface area contributed by atoms with Crippen LogP contribution in [0.4, 0.5) is 0 Å². The third-order valence-corrected chi connectivity index (χ3v) is 2.90. The monoisotopic (exact) mass is 206 g/mol. The Bertz CT molecular complexity index is 133. The molecule has 0 amide bonds. The van der Waals surface area contributed by atoms with Gasteiger partial charge in [-0.3, -0.25) is 0 Å². The second-order valence-electron chi connectivity index (χ2n) is 4.42. The molecule has 0 spiro atoms. The van der Waals surface area contributed by atoms with Crippen molar-refractivity contribution >= 4 is 11.6 Å². The molecule has 0 bridgehead atoms. The fourth-order valence-corrected chi connectivity index (χ4v) is 1.02. The first-order chi connectivity index (χ1) is 5.86. The zero-order chi connectivity index (χ0) is 10.5. The smallest absolute Gasteiger partial charge is 0.0484 e. The van der Waals surface area contributed by atoms with Gasteiger partial charge in [0.2, 0.25) is 0 Å². The van der Waals surface area contributed by atoms with Crippen molar-refractivity contribution in [1.29, 1.82) is 0 Å². The number of nitrogens with one attached hydrogen (secondary N) is 1. The van der Waals surface area contributed by atoms with Gasteiger partial charge in [-0.1, -0.05) is 0 Å². The Hall–Kier alpha value is 0.210. The molecule has 0 aromatic heterocycles. The summed E-state index contributed by atoms with van der Waals surface area (Å²) >= 11 is 6.04. The lowest BCUT2D eigenvalue weighted by Crippen LogP contribution is -2.46. The average Bonchev–Trinajstić information content (AvgIpc) is 1.97. The van der Waals surface area contributed by atoms with Gasteiger partial charge in [-0.25, -0.2) is 0 Å². The minimum Gasteiger partial charge on any atom is -0.310 e. The van der Waals surface area contributed by atoms with Crippen molar-refractivity contribution in [3.63, 3.8) is 0 Å². The summed E-state index contributed by atoms with van der Waals surface area (Å²) in [5.41, 5.74) is 0.0356. The molecule has 0 heterocycles. The van der Waals surface area contributed by atoms with Gasteiger partial charge in [-0.15, -0.1) is 11.6 Å². The normalized spacial score (nSPS) is 15.0. The zero-order valence-electron chi connectivity index (χ0n) is 9.52. The predicted octanol–water partition coefficient (Wildman–Crippen LogP) is 1.93. The van der Waals surface area contributed by atoms with Crippen LogP contribution in [0.25, 0.3) is 0 Å². The zero-order valence-corrected chi connectivity index (χ0v) is 10.3. The van der Waals surface area contributed by atoms with Gasteiger partial charge < -0.3 is 10.2 Å². The van der Waals surface area contributed by atoms with Crippen LogP contribution < -0.4 is 5.32 Å². The van der Waals surface area contributed by atoms with Gasteiger partial charge in [-0.05, 0) is 54.4 Å². The molecule has 1 atom stereocenters. The molecule has 13 heavy (non-hydrogen) atoms. The van der Waals surface area contributed by atoms with Gasteiger partial charge in [0, 0.05) is 10.9 Å². The van der Waals surface area contributed by atoms with Gasteiger partial charge in [0.25, 0.3) is 0 Å². The first-order valence-corrected chi connectivity index (χ1v) is 5.33. The second kappa shape index (κ2) is 5.84. The third-order valence-electron chi connectivity index (χ3n) is 2.36. The number of nitrogens with zero attached hydrogens (tertiary/aromatic N) is 1. The molecule has 0 saturated carbocycles. The maximum Gasteiger partial charge on any atom is 0.0484 e. The highest BCUT2D eigenvalue weighted by molar-refractivity contribution is 6.21. The lowest BCUT2D eigenvalue weighted by molar-refractivity contribution is 0.348. The number of rotatable bonds is 6. The topological polar surface area (TPSA) is 15.3 Å². The molecule has 3 heteroatoms. The molecule has 0 radical (unpaired) electrons. The number of hydrogen-bond acceptors (Lipinski definition) is 2. The fourth-order valence-electron chi connectivity index (χ4n) is 0.946. The van der Waals surface area contributed by atoms with E-state index in [4.69, 9.17) is 11.6 Å². The van der Waals surface area contributed by atoms with Crippen molar-refractivity contribution in [1.82, 2.24) is 10.2 Å². The quantitative estimate of drug-likeness (QED) is 0.528. The highest BCUT2D eigenvalue weighted by Gasteiger charge is 2.22. The van der Waals surface area contributed by atoms with Crippen LogP contribution in [-0.4, -0.2) is 43.0 Å². The van der Waals surface area contributed by atoms with E-state index >= 15 is 0 Å². The molecule has 1 unspecified atom stereocenters. The van der Waals surface area contributed by atoms with E-state index in [2.05, 4.69) is 38.2 Å². The summed E-state index contributed by atoms with van der Waals surface area (Å²) in [6.07, 6.45) is 1.17. The van der Waals surface area contributed by atoms with Crippen LogP contribution in [0.1, 0.15) is 27.2 Å². The summed E-state index contributed by atoms with van der Waals surface area (Å²) in [5, 5.41) is 3.61. The van der Waals surface area contributed by atoms with Gasteiger partial charge in [-0.2, -0.15) is 0 Å². The Morgan fingerprint density at radius 2 is 1.92 bits per heavy atom.